The Hall–Kier alpha value is -3.82. The van der Waals surface area contributed by atoms with E-state index in [0.717, 1.165) is 21.6 Å². The number of aromatic nitrogens is 2. The van der Waals surface area contributed by atoms with Crippen molar-refractivity contribution in [2.24, 2.45) is 0 Å². The molecule has 10 heteroatoms. The van der Waals surface area contributed by atoms with Crippen molar-refractivity contribution in [3.63, 3.8) is 0 Å². The van der Waals surface area contributed by atoms with E-state index in [-0.39, 0.29) is 18.8 Å². The molecule has 1 amide bonds. The summed E-state index contributed by atoms with van der Waals surface area (Å²) in [5, 5.41) is 3.69. The summed E-state index contributed by atoms with van der Waals surface area (Å²) in [6, 6.07) is 11.9. The number of rotatable bonds is 6. The third kappa shape index (κ3) is 4.48. The molecular weight excluding hydrogens is 451 g/mol. The normalized spacial score (nSPS) is 14.8. The topological polar surface area (TPSA) is 88.4 Å². The highest BCUT2D eigenvalue weighted by molar-refractivity contribution is 5.89. The van der Waals surface area contributed by atoms with Gasteiger partial charge < -0.3 is 9.64 Å². The number of hydrogen-bond acceptors (Lipinski definition) is 5. The van der Waals surface area contributed by atoms with Crippen molar-refractivity contribution in [3.8, 4) is 22.9 Å². The number of amides is 1. The van der Waals surface area contributed by atoms with Crippen LogP contribution in [-0.4, -0.2) is 39.7 Å². The number of nitrogens with one attached hydrogen (secondary N) is 1. The Morgan fingerprint density at radius 2 is 1.88 bits per heavy atom. The van der Waals surface area contributed by atoms with Crippen molar-refractivity contribution in [1.29, 1.82) is 0 Å². The lowest BCUT2D eigenvalue weighted by molar-refractivity contribution is -0.187. The van der Waals surface area contributed by atoms with E-state index in [9.17, 15) is 22.8 Å². The second kappa shape index (κ2) is 9.20. The minimum absolute atomic E-state index is 0.0461. The SMILES string of the molecule is CCC(C/C=C1/c2ccccc2Oc2cc(-c3noc(=O)[nH]3)ccc21)N(CC)C(=O)C(F)(F)F. The number of aromatic amines is 1. The number of alkyl halides is 3. The molecule has 0 saturated carbocycles. The van der Waals surface area contributed by atoms with Crippen LogP contribution in [-0.2, 0) is 4.79 Å². The van der Waals surface area contributed by atoms with Crippen molar-refractivity contribution in [2.75, 3.05) is 6.54 Å². The van der Waals surface area contributed by atoms with Crippen molar-refractivity contribution >= 4 is 11.5 Å². The Kier molecular flexibility index (Phi) is 6.32. The summed E-state index contributed by atoms with van der Waals surface area (Å²) in [7, 11) is 0. The predicted octanol–water partition coefficient (Wildman–Crippen LogP) is 5.15. The van der Waals surface area contributed by atoms with E-state index < -0.39 is 23.9 Å². The number of benzene rings is 2. The van der Waals surface area contributed by atoms with Gasteiger partial charge in [0.05, 0.1) is 0 Å². The van der Waals surface area contributed by atoms with Crippen LogP contribution < -0.4 is 10.5 Å². The molecule has 1 atom stereocenters. The first kappa shape index (κ1) is 23.3. The van der Waals surface area contributed by atoms with E-state index in [1.807, 2.05) is 24.3 Å². The number of fused-ring (bicyclic) bond motifs is 2. The molecule has 34 heavy (non-hydrogen) atoms. The van der Waals surface area contributed by atoms with E-state index in [0.29, 0.717) is 23.5 Å². The fourth-order valence-corrected chi connectivity index (χ4v) is 4.09. The monoisotopic (exact) mass is 473 g/mol. The van der Waals surface area contributed by atoms with E-state index in [1.54, 1.807) is 31.2 Å². The van der Waals surface area contributed by atoms with Crippen molar-refractivity contribution < 1.29 is 27.2 Å². The van der Waals surface area contributed by atoms with E-state index in [4.69, 9.17) is 4.74 Å². The third-order valence-electron chi connectivity index (χ3n) is 5.73. The van der Waals surface area contributed by atoms with Gasteiger partial charge in [-0.1, -0.05) is 42.4 Å². The van der Waals surface area contributed by atoms with Crippen LogP contribution in [0.3, 0.4) is 0 Å². The quantitative estimate of drug-likeness (QED) is 0.419. The van der Waals surface area contributed by atoms with Gasteiger partial charge >= 0.3 is 17.8 Å². The predicted molar refractivity (Wildman–Crippen MR) is 118 cm³/mol. The fourth-order valence-electron chi connectivity index (χ4n) is 4.09. The van der Waals surface area contributed by atoms with Gasteiger partial charge in [0.15, 0.2) is 5.82 Å². The summed E-state index contributed by atoms with van der Waals surface area (Å²) in [6.07, 6.45) is -2.48. The summed E-state index contributed by atoms with van der Waals surface area (Å²) in [5.41, 5.74) is 2.87. The van der Waals surface area contributed by atoms with Gasteiger partial charge in [-0.3, -0.25) is 14.3 Å². The van der Waals surface area contributed by atoms with E-state index >= 15 is 0 Å². The van der Waals surface area contributed by atoms with Crippen LogP contribution in [0.1, 0.15) is 37.8 Å². The number of H-pyrrole nitrogens is 1. The average Bonchev–Trinajstić information content (AvgIpc) is 3.25. The number of ether oxygens (including phenoxy) is 1. The molecule has 0 bridgehead atoms. The molecule has 0 radical (unpaired) electrons. The number of carbonyl (C=O) groups excluding carboxylic acids is 1. The van der Waals surface area contributed by atoms with Gasteiger partial charge in [0.25, 0.3) is 0 Å². The number of hydrogen-bond donors (Lipinski definition) is 1. The van der Waals surface area contributed by atoms with Crippen LogP contribution >= 0.6 is 0 Å². The van der Waals surface area contributed by atoms with Crippen LogP contribution in [0.4, 0.5) is 13.2 Å². The zero-order chi connectivity index (χ0) is 24.5. The fraction of sp³-hybridized carbons (Fsp3) is 0.292. The lowest BCUT2D eigenvalue weighted by Gasteiger charge is -2.31. The van der Waals surface area contributed by atoms with E-state index in [1.165, 1.54) is 6.92 Å². The highest BCUT2D eigenvalue weighted by atomic mass is 19.4. The maximum absolute atomic E-state index is 13.1. The molecule has 1 aliphatic rings. The molecule has 0 spiro atoms. The summed E-state index contributed by atoms with van der Waals surface area (Å²) in [4.78, 5) is 26.6. The van der Waals surface area contributed by atoms with Crippen molar-refractivity contribution in [2.45, 2.75) is 38.9 Å². The van der Waals surface area contributed by atoms with Crippen LogP contribution in [0, 0.1) is 0 Å². The van der Waals surface area contributed by atoms with Gasteiger partial charge in [0.2, 0.25) is 0 Å². The van der Waals surface area contributed by atoms with Gasteiger partial charge in [0, 0.05) is 29.3 Å². The molecule has 0 saturated heterocycles. The van der Waals surface area contributed by atoms with Crippen LogP contribution in [0.25, 0.3) is 17.0 Å². The molecule has 1 unspecified atom stereocenters. The largest absolute Gasteiger partial charge is 0.471 e. The Balaban J connectivity index is 1.72. The van der Waals surface area contributed by atoms with Gasteiger partial charge in [-0.25, -0.2) is 4.79 Å². The van der Waals surface area contributed by atoms with E-state index in [2.05, 4.69) is 14.7 Å². The zero-order valence-electron chi connectivity index (χ0n) is 18.5. The Bertz CT molecular complexity index is 1290. The van der Waals surface area contributed by atoms with Crippen LogP contribution in [0.5, 0.6) is 11.5 Å². The summed E-state index contributed by atoms with van der Waals surface area (Å²) in [5.74, 6) is -1.19. The average molecular weight is 473 g/mol. The van der Waals surface area contributed by atoms with Crippen molar-refractivity contribution in [1.82, 2.24) is 15.0 Å². The first-order valence-corrected chi connectivity index (χ1v) is 10.8. The zero-order valence-corrected chi connectivity index (χ0v) is 18.5. The van der Waals surface area contributed by atoms with Gasteiger partial charge in [0.1, 0.15) is 11.5 Å². The highest BCUT2D eigenvalue weighted by Crippen LogP contribution is 2.45. The molecule has 1 aromatic heterocycles. The molecule has 0 aliphatic carbocycles. The minimum atomic E-state index is -4.92. The molecule has 4 rings (SSSR count). The third-order valence-corrected chi connectivity index (χ3v) is 5.73. The molecule has 0 fully saturated rings. The molecule has 2 heterocycles. The summed E-state index contributed by atoms with van der Waals surface area (Å²) in [6.45, 7) is 3.25. The molecule has 1 aliphatic heterocycles. The Morgan fingerprint density at radius 1 is 1.15 bits per heavy atom. The maximum atomic E-state index is 13.1. The first-order chi connectivity index (χ1) is 16.2. The van der Waals surface area contributed by atoms with Gasteiger partial charge in [-0.15, -0.1) is 0 Å². The molecule has 2 aromatic carbocycles. The first-order valence-electron chi connectivity index (χ1n) is 10.8. The molecule has 7 nitrogen and oxygen atoms in total. The molecule has 178 valence electrons. The van der Waals surface area contributed by atoms with Crippen LogP contribution in [0.15, 0.2) is 57.9 Å². The van der Waals surface area contributed by atoms with Crippen LogP contribution in [0.2, 0.25) is 0 Å². The summed E-state index contributed by atoms with van der Waals surface area (Å²) < 4.78 is 49.9. The maximum Gasteiger partial charge on any atom is 0.471 e. The Morgan fingerprint density at radius 3 is 2.53 bits per heavy atom. The van der Waals surface area contributed by atoms with Crippen molar-refractivity contribution in [3.05, 3.63) is 70.2 Å². The summed E-state index contributed by atoms with van der Waals surface area (Å²) >= 11 is 0. The molecule has 3 aromatic rings. The lowest BCUT2D eigenvalue weighted by Crippen LogP contribution is -2.46. The Labute approximate surface area is 192 Å². The van der Waals surface area contributed by atoms with Gasteiger partial charge in [-0.05, 0) is 43.5 Å². The second-order valence-electron chi connectivity index (χ2n) is 7.76. The standard InChI is InChI=1S/C24H22F3N3O4/c1-3-15(30(4-2)22(31)24(25,26)27)10-12-16-17-7-5-6-8-19(17)33-20-13-14(9-11-18(16)20)21-28-23(32)34-29-21/h5-9,11-13,15H,3-4,10H2,1-2H3,(H,28,29,32)/b16-12-. The number of carbonyl (C=O) groups is 1. The number of halogens is 3. The molecular formula is C24H22F3N3O4. The lowest BCUT2D eigenvalue weighted by atomic mass is 9.91. The minimum Gasteiger partial charge on any atom is -0.456 e. The number of nitrogens with zero attached hydrogens (tertiary/aromatic N) is 2. The smallest absolute Gasteiger partial charge is 0.456 e. The second-order valence-corrected chi connectivity index (χ2v) is 7.76. The molecule has 1 N–H and O–H groups in total. The number of para-hydroxylation sites is 1. The highest BCUT2D eigenvalue weighted by Gasteiger charge is 2.43. The van der Waals surface area contributed by atoms with Gasteiger partial charge in [-0.2, -0.15) is 13.2 Å².